The molecule has 0 spiro atoms. The minimum Gasteiger partial charge on any atom is -0.478 e. The molecule has 0 saturated heterocycles. The molecule has 1 aromatic rings. The number of hydrogen-bond donors (Lipinski definition) is 2. The summed E-state index contributed by atoms with van der Waals surface area (Å²) in [6.07, 6.45) is 2.77. The Labute approximate surface area is 133 Å². The van der Waals surface area contributed by atoms with Crippen LogP contribution < -0.4 is 5.32 Å². The van der Waals surface area contributed by atoms with Gasteiger partial charge in [-0.2, -0.15) is 0 Å². The molecule has 21 heavy (non-hydrogen) atoms. The fraction of sp³-hybridized carbons (Fsp3) is 0.467. The van der Waals surface area contributed by atoms with Crippen LogP contribution in [0.15, 0.2) is 12.1 Å². The molecule has 1 aliphatic carbocycles. The lowest BCUT2D eigenvalue weighted by molar-refractivity contribution is -0.122. The fourth-order valence-electron chi connectivity index (χ4n) is 2.89. The van der Waals surface area contributed by atoms with Gasteiger partial charge >= 0.3 is 5.97 Å². The van der Waals surface area contributed by atoms with Crippen molar-refractivity contribution in [2.24, 2.45) is 11.3 Å². The Hall–Kier alpha value is -1.26. The minimum atomic E-state index is -1.18. The van der Waals surface area contributed by atoms with Crippen molar-refractivity contribution in [1.29, 1.82) is 0 Å². The van der Waals surface area contributed by atoms with E-state index >= 15 is 0 Å². The van der Waals surface area contributed by atoms with Gasteiger partial charge < -0.3 is 10.4 Å². The van der Waals surface area contributed by atoms with Crippen molar-refractivity contribution in [3.05, 3.63) is 27.7 Å². The molecular weight excluding hydrogens is 313 g/mol. The van der Waals surface area contributed by atoms with Crippen LogP contribution in [-0.4, -0.2) is 17.0 Å². The summed E-state index contributed by atoms with van der Waals surface area (Å²) in [5.41, 5.74) is -0.0789. The van der Waals surface area contributed by atoms with E-state index in [1.807, 2.05) is 13.8 Å². The highest BCUT2D eigenvalue weighted by Crippen LogP contribution is 2.43. The van der Waals surface area contributed by atoms with Gasteiger partial charge in [0.25, 0.3) is 0 Å². The zero-order valence-electron chi connectivity index (χ0n) is 11.9. The minimum absolute atomic E-state index is 0.0909. The van der Waals surface area contributed by atoms with Crippen molar-refractivity contribution in [2.45, 2.75) is 33.1 Å². The first kappa shape index (κ1) is 16.1. The lowest BCUT2D eigenvalue weighted by atomic mass is 9.81. The van der Waals surface area contributed by atoms with Crippen molar-refractivity contribution in [3.8, 4) is 0 Å². The van der Waals surface area contributed by atoms with E-state index in [0.717, 1.165) is 19.3 Å². The van der Waals surface area contributed by atoms with E-state index in [4.69, 9.17) is 23.2 Å². The van der Waals surface area contributed by atoms with Gasteiger partial charge in [0.2, 0.25) is 5.91 Å². The topological polar surface area (TPSA) is 66.4 Å². The standard InChI is InChI=1S/C15H17Cl2NO3/c1-15(2)5-3-4-10(15)13(19)18-12-9(14(20)21)6-8(16)7-11(12)17/h6-7,10H,3-5H2,1-2H3,(H,18,19)(H,20,21). The van der Waals surface area contributed by atoms with Gasteiger partial charge in [-0.25, -0.2) is 4.79 Å². The average Bonchev–Trinajstić information content (AvgIpc) is 2.71. The number of carbonyl (C=O) groups excluding carboxylic acids is 1. The first-order chi connectivity index (χ1) is 9.72. The van der Waals surface area contributed by atoms with Gasteiger partial charge in [-0.05, 0) is 30.4 Å². The van der Waals surface area contributed by atoms with Gasteiger partial charge in [-0.1, -0.05) is 43.5 Å². The molecule has 114 valence electrons. The number of amides is 1. The van der Waals surface area contributed by atoms with Crippen LogP contribution in [0.5, 0.6) is 0 Å². The normalized spacial score (nSPS) is 20.3. The fourth-order valence-corrected chi connectivity index (χ4v) is 3.43. The van der Waals surface area contributed by atoms with Crippen LogP contribution in [0.4, 0.5) is 5.69 Å². The third kappa shape index (κ3) is 3.33. The van der Waals surface area contributed by atoms with Gasteiger partial charge in [0.15, 0.2) is 0 Å². The molecule has 1 atom stereocenters. The molecule has 1 amide bonds. The van der Waals surface area contributed by atoms with Crippen LogP contribution in [-0.2, 0) is 4.79 Å². The van der Waals surface area contributed by atoms with E-state index in [1.54, 1.807) is 0 Å². The maximum Gasteiger partial charge on any atom is 0.337 e. The number of halogens is 2. The molecule has 1 fully saturated rings. The second kappa shape index (κ2) is 5.85. The Morgan fingerprint density at radius 1 is 1.33 bits per heavy atom. The number of hydrogen-bond acceptors (Lipinski definition) is 2. The summed E-state index contributed by atoms with van der Waals surface area (Å²) in [6.45, 7) is 4.09. The van der Waals surface area contributed by atoms with Crippen LogP contribution in [0.2, 0.25) is 10.0 Å². The smallest absolute Gasteiger partial charge is 0.337 e. The number of aromatic carboxylic acids is 1. The zero-order chi connectivity index (χ0) is 15.8. The zero-order valence-corrected chi connectivity index (χ0v) is 13.4. The van der Waals surface area contributed by atoms with E-state index in [9.17, 15) is 14.7 Å². The highest BCUT2D eigenvalue weighted by atomic mass is 35.5. The Bertz CT molecular complexity index is 599. The van der Waals surface area contributed by atoms with Crippen molar-refractivity contribution in [2.75, 3.05) is 5.32 Å². The Morgan fingerprint density at radius 3 is 2.52 bits per heavy atom. The molecule has 1 unspecified atom stereocenters. The molecule has 1 aliphatic rings. The monoisotopic (exact) mass is 329 g/mol. The molecule has 2 N–H and O–H groups in total. The van der Waals surface area contributed by atoms with Gasteiger partial charge in [0.05, 0.1) is 16.3 Å². The molecule has 0 aliphatic heterocycles. The quantitative estimate of drug-likeness (QED) is 0.860. The number of benzene rings is 1. The van der Waals surface area contributed by atoms with Crippen LogP contribution in [0.1, 0.15) is 43.5 Å². The first-order valence-electron chi connectivity index (χ1n) is 6.75. The van der Waals surface area contributed by atoms with Gasteiger partial charge in [-0.15, -0.1) is 0 Å². The molecule has 0 bridgehead atoms. The molecule has 2 rings (SSSR count). The summed E-state index contributed by atoms with van der Waals surface area (Å²) in [6, 6.07) is 2.70. The summed E-state index contributed by atoms with van der Waals surface area (Å²) in [5, 5.41) is 12.2. The molecule has 1 aromatic carbocycles. The number of anilines is 1. The Kier molecular flexibility index (Phi) is 4.49. The van der Waals surface area contributed by atoms with Gasteiger partial charge in [0.1, 0.15) is 0 Å². The third-order valence-corrected chi connectivity index (χ3v) is 4.62. The van der Waals surface area contributed by atoms with E-state index < -0.39 is 5.97 Å². The number of carboxylic acids is 1. The van der Waals surface area contributed by atoms with Crippen molar-refractivity contribution in [1.82, 2.24) is 0 Å². The van der Waals surface area contributed by atoms with E-state index in [2.05, 4.69) is 5.32 Å². The summed E-state index contributed by atoms with van der Waals surface area (Å²) in [4.78, 5) is 23.7. The SMILES string of the molecule is CC1(C)CCCC1C(=O)Nc1c(Cl)cc(Cl)cc1C(=O)O. The highest BCUT2D eigenvalue weighted by molar-refractivity contribution is 6.37. The van der Waals surface area contributed by atoms with Gasteiger partial charge in [-0.3, -0.25) is 4.79 Å². The van der Waals surface area contributed by atoms with Crippen LogP contribution in [0, 0.1) is 11.3 Å². The number of rotatable bonds is 3. The number of nitrogens with one attached hydrogen (secondary N) is 1. The summed E-state index contributed by atoms with van der Waals surface area (Å²) >= 11 is 11.9. The largest absolute Gasteiger partial charge is 0.478 e. The molecule has 6 heteroatoms. The predicted octanol–water partition coefficient (Wildman–Crippen LogP) is 4.46. The molecule has 0 heterocycles. The lowest BCUT2D eigenvalue weighted by Crippen LogP contribution is -2.31. The Morgan fingerprint density at radius 2 is 2.00 bits per heavy atom. The lowest BCUT2D eigenvalue weighted by Gasteiger charge is -2.26. The maximum atomic E-state index is 12.4. The van der Waals surface area contributed by atoms with Crippen LogP contribution in [0.25, 0.3) is 0 Å². The maximum absolute atomic E-state index is 12.4. The number of carbonyl (C=O) groups is 2. The van der Waals surface area contributed by atoms with E-state index in [1.165, 1.54) is 12.1 Å². The third-order valence-electron chi connectivity index (χ3n) is 4.11. The molecular formula is C15H17Cl2NO3. The molecule has 4 nitrogen and oxygen atoms in total. The number of carboxylic acid groups (broad SMARTS) is 1. The van der Waals surface area contributed by atoms with Crippen molar-refractivity contribution in [3.63, 3.8) is 0 Å². The highest BCUT2D eigenvalue weighted by Gasteiger charge is 2.39. The van der Waals surface area contributed by atoms with Crippen LogP contribution in [0.3, 0.4) is 0 Å². The summed E-state index contributed by atoms with van der Waals surface area (Å²) in [7, 11) is 0. The molecule has 0 aromatic heterocycles. The second-order valence-corrected chi connectivity index (χ2v) is 6.88. The first-order valence-corrected chi connectivity index (χ1v) is 7.51. The van der Waals surface area contributed by atoms with Crippen LogP contribution >= 0.6 is 23.2 Å². The summed E-state index contributed by atoms with van der Waals surface area (Å²) < 4.78 is 0. The van der Waals surface area contributed by atoms with Crippen molar-refractivity contribution >= 4 is 40.8 Å². The predicted molar refractivity (Wildman–Crippen MR) is 83.2 cm³/mol. The summed E-state index contributed by atoms with van der Waals surface area (Å²) in [5.74, 6) is -1.52. The van der Waals surface area contributed by atoms with E-state index in [-0.39, 0.29) is 38.5 Å². The van der Waals surface area contributed by atoms with E-state index in [0.29, 0.717) is 0 Å². The second-order valence-electron chi connectivity index (χ2n) is 6.04. The molecule has 1 saturated carbocycles. The Balaban J connectivity index is 2.31. The van der Waals surface area contributed by atoms with Crippen molar-refractivity contribution < 1.29 is 14.7 Å². The molecule has 0 radical (unpaired) electrons. The van der Waals surface area contributed by atoms with Gasteiger partial charge in [0, 0.05) is 10.9 Å². The average molecular weight is 330 g/mol.